The third-order valence-electron chi connectivity index (χ3n) is 6.14. The molecule has 0 saturated carbocycles. The molecule has 166 valence electrons. The van der Waals surface area contributed by atoms with Crippen LogP contribution in [0.1, 0.15) is 43.0 Å². The van der Waals surface area contributed by atoms with E-state index < -0.39 is 35.5 Å². The molecule has 31 heavy (non-hydrogen) atoms. The maximum Gasteiger partial charge on any atom is 0.419 e. The number of rotatable bonds is 3. The quantitative estimate of drug-likeness (QED) is 0.564. The molecule has 0 aromatic heterocycles. The highest BCUT2D eigenvalue weighted by atomic mass is 19.4. The maximum atomic E-state index is 14.6. The van der Waals surface area contributed by atoms with Crippen molar-refractivity contribution in [1.29, 1.82) is 0 Å². The molecule has 2 atom stereocenters. The second-order valence-corrected chi connectivity index (χ2v) is 8.68. The number of aliphatic hydroxyl groups is 1. The van der Waals surface area contributed by atoms with Crippen molar-refractivity contribution in [3.63, 3.8) is 0 Å². The second-order valence-electron chi connectivity index (χ2n) is 8.68. The van der Waals surface area contributed by atoms with Gasteiger partial charge < -0.3 is 20.5 Å². The highest BCUT2D eigenvalue weighted by molar-refractivity contribution is 5.80. The molecule has 2 unspecified atom stereocenters. The van der Waals surface area contributed by atoms with Crippen LogP contribution < -0.4 is 15.4 Å². The highest BCUT2D eigenvalue weighted by Crippen LogP contribution is 2.55. The van der Waals surface area contributed by atoms with Crippen molar-refractivity contribution in [2.24, 2.45) is 0 Å². The molecule has 2 aromatic rings. The van der Waals surface area contributed by atoms with E-state index in [0.717, 1.165) is 11.8 Å². The summed E-state index contributed by atoms with van der Waals surface area (Å²) in [5.41, 5.74) is -1.78. The van der Waals surface area contributed by atoms with Gasteiger partial charge in [0.25, 0.3) is 0 Å². The lowest BCUT2D eigenvalue weighted by Crippen LogP contribution is -2.58. The van der Waals surface area contributed by atoms with Crippen LogP contribution in [-0.4, -0.2) is 30.5 Å². The minimum Gasteiger partial charge on any atom is -0.494 e. The maximum absolute atomic E-state index is 14.6. The number of methoxy groups -OCH3 is 1. The zero-order valence-corrected chi connectivity index (χ0v) is 17.4. The van der Waals surface area contributed by atoms with E-state index in [9.17, 15) is 22.7 Å². The molecule has 0 fully saturated rings. The van der Waals surface area contributed by atoms with E-state index >= 15 is 0 Å². The van der Waals surface area contributed by atoms with E-state index in [1.807, 2.05) is 18.2 Å². The van der Waals surface area contributed by atoms with Gasteiger partial charge in [-0.1, -0.05) is 32.1 Å². The first-order valence-corrected chi connectivity index (χ1v) is 9.95. The zero-order valence-electron chi connectivity index (χ0n) is 17.4. The number of fused-ring (bicyclic) bond motifs is 2. The van der Waals surface area contributed by atoms with Crippen molar-refractivity contribution in [2.45, 2.75) is 43.5 Å². The molecular weight excluding hydrogens is 412 g/mol. The number of alkyl halides is 3. The van der Waals surface area contributed by atoms with Crippen LogP contribution in [0, 0.1) is 5.82 Å². The summed E-state index contributed by atoms with van der Waals surface area (Å²) in [5, 5.41) is 17.1. The Kier molecular flexibility index (Phi) is 4.96. The number of halogens is 4. The number of nitrogens with one attached hydrogen (secondary N) is 2. The average Bonchev–Trinajstić information content (AvgIpc) is 2.69. The van der Waals surface area contributed by atoms with Gasteiger partial charge in [0, 0.05) is 23.5 Å². The van der Waals surface area contributed by atoms with Crippen molar-refractivity contribution in [3.8, 4) is 5.75 Å². The molecule has 1 heterocycles. The fourth-order valence-corrected chi connectivity index (χ4v) is 4.67. The molecule has 3 N–H and O–H groups in total. The standard InChI is InChI=1S/C23H24F4N2O2/c1-21(2)12-22(30,23(25,26)27)20(14-10-16(24)19(31-3)11-15(14)21)29-18-8-4-7-17-13(18)6-5-9-28-17/h4-8,10-11,20,28-30H,9,12H2,1-3H3. The third-order valence-corrected chi connectivity index (χ3v) is 6.14. The monoisotopic (exact) mass is 436 g/mol. The summed E-state index contributed by atoms with van der Waals surface area (Å²) >= 11 is 0. The molecule has 0 spiro atoms. The molecule has 0 bridgehead atoms. The lowest BCUT2D eigenvalue weighted by atomic mass is 9.63. The Labute approximate surface area is 177 Å². The van der Waals surface area contributed by atoms with Crippen LogP contribution in [-0.2, 0) is 5.41 Å². The van der Waals surface area contributed by atoms with E-state index in [2.05, 4.69) is 10.6 Å². The third kappa shape index (κ3) is 3.43. The van der Waals surface area contributed by atoms with Gasteiger partial charge in [0.15, 0.2) is 17.2 Å². The molecule has 0 saturated heterocycles. The highest BCUT2D eigenvalue weighted by Gasteiger charge is 2.64. The number of ether oxygens (including phenoxy) is 1. The first kappa shape index (κ1) is 21.5. The van der Waals surface area contributed by atoms with Gasteiger partial charge in [0.2, 0.25) is 0 Å². The first-order chi connectivity index (χ1) is 14.5. The minimum absolute atomic E-state index is 0.0488. The number of anilines is 2. The topological polar surface area (TPSA) is 53.5 Å². The van der Waals surface area contributed by atoms with Crippen molar-refractivity contribution >= 4 is 17.5 Å². The van der Waals surface area contributed by atoms with Crippen LogP contribution in [0.25, 0.3) is 6.08 Å². The zero-order chi connectivity index (χ0) is 22.6. The Morgan fingerprint density at radius 3 is 2.65 bits per heavy atom. The van der Waals surface area contributed by atoms with Gasteiger partial charge in [-0.25, -0.2) is 4.39 Å². The Balaban J connectivity index is 1.92. The Morgan fingerprint density at radius 1 is 1.23 bits per heavy atom. The van der Waals surface area contributed by atoms with E-state index in [1.54, 1.807) is 26.0 Å². The molecule has 0 radical (unpaired) electrons. The lowest BCUT2D eigenvalue weighted by molar-refractivity contribution is -0.275. The van der Waals surface area contributed by atoms with Crippen molar-refractivity contribution in [1.82, 2.24) is 0 Å². The van der Waals surface area contributed by atoms with Crippen molar-refractivity contribution in [3.05, 3.63) is 58.9 Å². The Hall–Kier alpha value is -2.74. The van der Waals surface area contributed by atoms with Gasteiger partial charge in [-0.15, -0.1) is 0 Å². The van der Waals surface area contributed by atoms with Crippen LogP contribution in [0.4, 0.5) is 28.9 Å². The fraction of sp³-hybridized carbons (Fsp3) is 0.391. The molecular formula is C23H24F4N2O2. The van der Waals surface area contributed by atoms with Crippen LogP contribution in [0.5, 0.6) is 5.75 Å². The van der Waals surface area contributed by atoms with Gasteiger partial charge in [0.05, 0.1) is 13.2 Å². The predicted octanol–water partition coefficient (Wildman–Crippen LogP) is 5.40. The van der Waals surface area contributed by atoms with Crippen LogP contribution >= 0.6 is 0 Å². The van der Waals surface area contributed by atoms with E-state index in [1.165, 1.54) is 13.2 Å². The average molecular weight is 436 g/mol. The number of benzene rings is 2. The van der Waals surface area contributed by atoms with E-state index in [4.69, 9.17) is 4.74 Å². The summed E-state index contributed by atoms with van der Waals surface area (Å²) in [4.78, 5) is 0. The van der Waals surface area contributed by atoms with Gasteiger partial charge in [-0.3, -0.25) is 0 Å². The van der Waals surface area contributed by atoms with Crippen molar-refractivity contribution in [2.75, 3.05) is 24.3 Å². The SMILES string of the molecule is COc1cc2c(cc1F)C(Nc1cccc3c1C=CCN3)C(O)(C(F)(F)F)CC2(C)C. The summed E-state index contributed by atoms with van der Waals surface area (Å²) < 4.78 is 62.5. The lowest BCUT2D eigenvalue weighted by Gasteiger charge is -2.49. The molecule has 2 aromatic carbocycles. The van der Waals surface area contributed by atoms with Crippen LogP contribution in [0.15, 0.2) is 36.4 Å². The van der Waals surface area contributed by atoms with E-state index in [-0.39, 0.29) is 11.3 Å². The summed E-state index contributed by atoms with van der Waals surface area (Å²) in [6, 6.07) is 6.03. The molecule has 4 rings (SSSR count). The van der Waals surface area contributed by atoms with E-state index in [0.29, 0.717) is 23.4 Å². The van der Waals surface area contributed by atoms with Gasteiger partial charge in [-0.05, 0) is 47.2 Å². The van der Waals surface area contributed by atoms with Gasteiger partial charge >= 0.3 is 6.18 Å². The van der Waals surface area contributed by atoms with Crippen molar-refractivity contribution < 1.29 is 27.4 Å². The largest absolute Gasteiger partial charge is 0.494 e. The number of hydrogen-bond donors (Lipinski definition) is 3. The van der Waals surface area contributed by atoms with Gasteiger partial charge in [0.1, 0.15) is 0 Å². The molecule has 8 heteroatoms. The minimum atomic E-state index is -4.95. The summed E-state index contributed by atoms with van der Waals surface area (Å²) in [7, 11) is 1.30. The summed E-state index contributed by atoms with van der Waals surface area (Å²) in [6.45, 7) is 3.81. The molecule has 4 nitrogen and oxygen atoms in total. The first-order valence-electron chi connectivity index (χ1n) is 9.95. The number of hydrogen-bond acceptors (Lipinski definition) is 4. The molecule has 1 aliphatic heterocycles. The summed E-state index contributed by atoms with van der Waals surface area (Å²) in [5.74, 6) is -0.834. The Morgan fingerprint density at radius 2 is 1.97 bits per heavy atom. The fourth-order valence-electron chi connectivity index (χ4n) is 4.67. The normalized spacial score (nSPS) is 24.1. The van der Waals surface area contributed by atoms with Gasteiger partial charge in [-0.2, -0.15) is 13.2 Å². The second kappa shape index (κ2) is 7.15. The van der Waals surface area contributed by atoms with Crippen LogP contribution in [0.3, 0.4) is 0 Å². The summed E-state index contributed by atoms with van der Waals surface area (Å²) in [6.07, 6.45) is -1.87. The molecule has 1 aliphatic carbocycles. The molecule has 0 amide bonds. The van der Waals surface area contributed by atoms with Crippen LogP contribution in [0.2, 0.25) is 0 Å². The molecule has 2 aliphatic rings. The smallest absolute Gasteiger partial charge is 0.419 e. The predicted molar refractivity (Wildman–Crippen MR) is 112 cm³/mol. The Bertz CT molecular complexity index is 1050.